The summed E-state index contributed by atoms with van der Waals surface area (Å²) in [6.07, 6.45) is 4.37. The average Bonchev–Trinajstić information content (AvgIpc) is 2.88. The number of nitrogens with one attached hydrogen (secondary N) is 2. The second kappa shape index (κ2) is 10.5. The van der Waals surface area contributed by atoms with Crippen LogP contribution in [0.4, 0.5) is 0 Å². The Morgan fingerprint density at radius 2 is 1.77 bits per heavy atom. The molecule has 2 atom stereocenters. The van der Waals surface area contributed by atoms with Crippen molar-refractivity contribution in [3.05, 3.63) is 106 Å². The van der Waals surface area contributed by atoms with E-state index in [2.05, 4.69) is 25.3 Å². The lowest BCUT2D eigenvalue weighted by Gasteiger charge is -2.20. The van der Waals surface area contributed by atoms with Gasteiger partial charge in [-0.3, -0.25) is 24.1 Å². The molecule has 0 saturated heterocycles. The largest absolute Gasteiger partial charge is 0.341 e. The molecular weight excluding hydrogens is 465 g/mol. The fourth-order valence-corrected chi connectivity index (χ4v) is 4.76. The first-order valence-electron chi connectivity index (χ1n) is 10.9. The zero-order valence-electron chi connectivity index (χ0n) is 19.2. The summed E-state index contributed by atoms with van der Waals surface area (Å²) in [5, 5.41) is 2.89. The third-order valence-electron chi connectivity index (χ3n) is 5.26. The van der Waals surface area contributed by atoms with Gasteiger partial charge in [-0.2, -0.15) is 0 Å². The van der Waals surface area contributed by atoms with E-state index in [0.29, 0.717) is 23.3 Å². The molecule has 9 nitrogen and oxygen atoms in total. The van der Waals surface area contributed by atoms with E-state index < -0.39 is 24.9 Å². The number of amides is 1. The Labute approximate surface area is 202 Å². The molecule has 0 aliphatic rings. The minimum atomic E-state index is -3.04. The average molecular weight is 489 g/mol. The van der Waals surface area contributed by atoms with Crippen molar-refractivity contribution in [1.82, 2.24) is 25.3 Å². The minimum Gasteiger partial charge on any atom is -0.341 e. The predicted molar refractivity (Wildman–Crippen MR) is 133 cm³/mol. The summed E-state index contributed by atoms with van der Waals surface area (Å²) in [7, 11) is -3.04. The van der Waals surface area contributed by atoms with Crippen molar-refractivity contribution >= 4 is 18.7 Å². The van der Waals surface area contributed by atoms with Crippen molar-refractivity contribution in [1.29, 1.82) is 0 Å². The van der Waals surface area contributed by atoms with Gasteiger partial charge in [0, 0.05) is 25.3 Å². The maximum atomic E-state index is 13.1. The van der Waals surface area contributed by atoms with Gasteiger partial charge in [-0.25, -0.2) is 4.98 Å². The lowest BCUT2D eigenvalue weighted by atomic mass is 10.00. The Morgan fingerprint density at radius 3 is 2.40 bits per heavy atom. The standard InChI is InChI=1S/C25H24N5O4P/c1-3-34-35(2,33)21-13-12-18(15-27-21)22(17-9-5-4-6-10-17)29-24(31)19-16-28-23(30-25(19)32)20-11-7-8-14-26-20/h4-16,22H,3H2,1-2H3,(H,29,31)(H,28,30,32). The number of pyridine rings is 2. The van der Waals surface area contributed by atoms with Crippen LogP contribution in [0.3, 0.4) is 0 Å². The number of aromatic nitrogens is 4. The van der Waals surface area contributed by atoms with Gasteiger partial charge < -0.3 is 14.8 Å². The van der Waals surface area contributed by atoms with Gasteiger partial charge in [0.1, 0.15) is 16.7 Å². The van der Waals surface area contributed by atoms with E-state index in [4.69, 9.17) is 4.52 Å². The highest BCUT2D eigenvalue weighted by molar-refractivity contribution is 7.65. The van der Waals surface area contributed by atoms with Crippen molar-refractivity contribution in [2.45, 2.75) is 13.0 Å². The summed E-state index contributed by atoms with van der Waals surface area (Å²) in [4.78, 5) is 41.1. The second-order valence-corrected chi connectivity index (χ2v) is 10.1. The highest BCUT2D eigenvalue weighted by atomic mass is 31.2. The van der Waals surface area contributed by atoms with Crippen LogP contribution in [0.1, 0.15) is 34.5 Å². The van der Waals surface area contributed by atoms with Gasteiger partial charge in [-0.15, -0.1) is 0 Å². The Bertz CT molecular complexity index is 1410. The fraction of sp³-hybridized carbons (Fsp3) is 0.160. The van der Waals surface area contributed by atoms with Gasteiger partial charge in [0.15, 0.2) is 5.82 Å². The van der Waals surface area contributed by atoms with E-state index in [-0.39, 0.29) is 11.4 Å². The number of rotatable bonds is 8. The van der Waals surface area contributed by atoms with Crippen LogP contribution in [0.25, 0.3) is 11.5 Å². The Balaban J connectivity index is 1.63. The Kier molecular flexibility index (Phi) is 7.29. The van der Waals surface area contributed by atoms with E-state index in [1.54, 1.807) is 49.6 Å². The normalized spacial score (nSPS) is 13.5. The highest BCUT2D eigenvalue weighted by Crippen LogP contribution is 2.40. The molecule has 4 rings (SSSR count). The number of carbonyl (C=O) groups is 1. The van der Waals surface area contributed by atoms with E-state index in [1.165, 1.54) is 12.9 Å². The lowest BCUT2D eigenvalue weighted by Crippen LogP contribution is -2.34. The van der Waals surface area contributed by atoms with E-state index in [1.807, 2.05) is 30.3 Å². The number of aromatic amines is 1. The van der Waals surface area contributed by atoms with E-state index in [9.17, 15) is 14.2 Å². The van der Waals surface area contributed by atoms with Crippen LogP contribution in [0.2, 0.25) is 0 Å². The number of hydrogen-bond acceptors (Lipinski definition) is 7. The monoisotopic (exact) mass is 489 g/mol. The summed E-state index contributed by atoms with van der Waals surface area (Å²) in [6, 6.07) is 17.3. The molecule has 0 aliphatic carbocycles. The minimum absolute atomic E-state index is 0.135. The quantitative estimate of drug-likeness (QED) is 0.364. The van der Waals surface area contributed by atoms with Gasteiger partial charge in [0.25, 0.3) is 11.5 Å². The number of nitrogens with zero attached hydrogens (tertiary/aromatic N) is 3. The fourth-order valence-electron chi connectivity index (χ4n) is 3.52. The molecule has 4 aromatic rings. The lowest BCUT2D eigenvalue weighted by molar-refractivity contribution is 0.0941. The number of hydrogen-bond donors (Lipinski definition) is 2. The molecule has 0 radical (unpaired) electrons. The smallest absolute Gasteiger partial charge is 0.264 e. The molecule has 1 aromatic carbocycles. The molecule has 178 valence electrons. The van der Waals surface area contributed by atoms with Gasteiger partial charge in [-0.1, -0.05) is 42.5 Å². The van der Waals surface area contributed by atoms with Crippen LogP contribution in [0, 0.1) is 0 Å². The van der Waals surface area contributed by atoms with Gasteiger partial charge in [-0.05, 0) is 36.2 Å². The molecule has 0 aliphatic heterocycles. The molecule has 2 N–H and O–H groups in total. The summed E-state index contributed by atoms with van der Waals surface area (Å²) >= 11 is 0. The first kappa shape index (κ1) is 24.2. The van der Waals surface area contributed by atoms with Crippen LogP contribution >= 0.6 is 7.37 Å². The van der Waals surface area contributed by atoms with E-state index >= 15 is 0 Å². The third kappa shape index (κ3) is 5.59. The molecule has 3 heterocycles. The first-order valence-corrected chi connectivity index (χ1v) is 13.0. The third-order valence-corrected chi connectivity index (χ3v) is 7.10. The SMILES string of the molecule is CCOP(C)(=O)c1ccc(C(NC(=O)c2cnc(-c3ccccn3)[nH]c2=O)c2ccccc2)cn1. The van der Waals surface area contributed by atoms with Gasteiger partial charge in [0.2, 0.25) is 7.37 Å². The summed E-state index contributed by atoms with van der Waals surface area (Å²) < 4.78 is 18.0. The highest BCUT2D eigenvalue weighted by Gasteiger charge is 2.24. The number of benzene rings is 1. The van der Waals surface area contributed by atoms with Crippen LogP contribution in [0.5, 0.6) is 0 Å². The van der Waals surface area contributed by atoms with Gasteiger partial charge in [0.05, 0.1) is 12.6 Å². The molecule has 1 amide bonds. The van der Waals surface area contributed by atoms with Crippen LogP contribution in [-0.2, 0) is 9.09 Å². The summed E-state index contributed by atoms with van der Waals surface area (Å²) in [5.41, 5.74) is 1.55. The number of H-pyrrole nitrogens is 1. The molecule has 3 aromatic heterocycles. The molecule has 0 fully saturated rings. The molecule has 35 heavy (non-hydrogen) atoms. The van der Waals surface area contributed by atoms with Crippen molar-refractivity contribution in [3.8, 4) is 11.5 Å². The maximum Gasteiger partial charge on any atom is 0.264 e. The second-order valence-electron chi connectivity index (χ2n) is 7.72. The predicted octanol–water partition coefficient (Wildman–Crippen LogP) is 3.32. The zero-order valence-corrected chi connectivity index (χ0v) is 20.1. The Morgan fingerprint density at radius 1 is 1.00 bits per heavy atom. The summed E-state index contributed by atoms with van der Waals surface area (Å²) in [5.74, 6) is -0.329. The maximum absolute atomic E-state index is 13.1. The van der Waals surface area contributed by atoms with Crippen molar-refractivity contribution < 1.29 is 13.9 Å². The molecule has 0 spiro atoms. The first-order chi connectivity index (χ1) is 16.9. The molecule has 0 bridgehead atoms. The van der Waals surface area contributed by atoms with Crippen LogP contribution in [0.15, 0.2) is 84.0 Å². The summed E-state index contributed by atoms with van der Waals surface area (Å²) in [6.45, 7) is 3.59. The zero-order chi connectivity index (χ0) is 24.8. The number of carbonyl (C=O) groups excluding carboxylic acids is 1. The Hall–Kier alpha value is -3.94. The van der Waals surface area contributed by atoms with E-state index in [0.717, 1.165) is 5.56 Å². The molecule has 10 heteroatoms. The molecular formula is C25H24N5O4P. The molecule has 2 unspecified atom stereocenters. The van der Waals surface area contributed by atoms with Crippen molar-refractivity contribution in [2.75, 3.05) is 13.3 Å². The molecule has 0 saturated carbocycles. The van der Waals surface area contributed by atoms with Crippen LogP contribution in [-0.4, -0.2) is 39.1 Å². The van der Waals surface area contributed by atoms with Crippen LogP contribution < -0.4 is 16.3 Å². The van der Waals surface area contributed by atoms with Gasteiger partial charge >= 0.3 is 0 Å². The topological polar surface area (TPSA) is 127 Å². The van der Waals surface area contributed by atoms with Crippen molar-refractivity contribution in [2.24, 2.45) is 0 Å². The van der Waals surface area contributed by atoms with Crippen molar-refractivity contribution in [3.63, 3.8) is 0 Å².